The van der Waals surface area contributed by atoms with Gasteiger partial charge in [-0.2, -0.15) is 0 Å². The molecule has 6 heteroatoms. The third-order valence-corrected chi connectivity index (χ3v) is 6.06. The van der Waals surface area contributed by atoms with Gasteiger partial charge in [0.15, 0.2) is 0 Å². The molecule has 3 rings (SSSR count). The summed E-state index contributed by atoms with van der Waals surface area (Å²) in [6.07, 6.45) is 6.23. The van der Waals surface area contributed by atoms with Crippen LogP contribution >= 0.6 is 0 Å². The van der Waals surface area contributed by atoms with Crippen LogP contribution in [0, 0.1) is 11.7 Å². The monoisotopic (exact) mass is 389 g/mol. The number of carbonyl (C=O) groups is 1. The minimum Gasteiger partial charge on any atom is -0.481 e. The van der Waals surface area contributed by atoms with Crippen molar-refractivity contribution in [1.82, 2.24) is 14.7 Å². The van der Waals surface area contributed by atoms with Gasteiger partial charge in [0.2, 0.25) is 0 Å². The Balaban J connectivity index is 1.56. The Hall–Kier alpha value is -1.76. The molecule has 0 aliphatic carbocycles. The van der Waals surface area contributed by atoms with E-state index < -0.39 is 5.97 Å². The topological polar surface area (TPSA) is 47.0 Å². The first kappa shape index (κ1) is 21.0. The fourth-order valence-electron chi connectivity index (χ4n) is 4.40. The Kier molecular flexibility index (Phi) is 7.59. The quantitative estimate of drug-likeness (QED) is 0.777. The van der Waals surface area contributed by atoms with E-state index in [1.807, 2.05) is 6.08 Å². The summed E-state index contributed by atoms with van der Waals surface area (Å²) in [6.45, 7) is 7.16. The van der Waals surface area contributed by atoms with E-state index in [-0.39, 0.29) is 12.2 Å². The normalized spacial score (nSPS) is 25.4. The molecule has 154 valence electrons. The number of likely N-dealkylation sites (N-methyl/N-ethyl adjacent to an activating group) is 1. The number of piperazine rings is 1. The summed E-state index contributed by atoms with van der Waals surface area (Å²) in [6, 6.07) is 7.00. The Morgan fingerprint density at radius 3 is 2.57 bits per heavy atom. The van der Waals surface area contributed by atoms with Crippen LogP contribution in [0.1, 0.15) is 24.8 Å². The number of carboxylic acid groups (broad SMARTS) is 1. The minimum absolute atomic E-state index is 0.218. The standard InChI is InChI=1S/C22H32FN3O2/c1-24-13-15-26(16-14-24)21-10-12-25(17-19(21)6-9-22(27)28)11-2-3-18-4-7-20(23)8-5-18/h2-5,7-8,19,21H,6,9-17H2,1H3,(H,27,28)/b3-2+/t19-,21+/m1/s1. The van der Waals surface area contributed by atoms with E-state index in [2.05, 4.69) is 27.8 Å². The van der Waals surface area contributed by atoms with Gasteiger partial charge in [0.05, 0.1) is 0 Å². The van der Waals surface area contributed by atoms with E-state index >= 15 is 0 Å². The molecule has 28 heavy (non-hydrogen) atoms. The average molecular weight is 390 g/mol. The van der Waals surface area contributed by atoms with Gasteiger partial charge in [-0.15, -0.1) is 0 Å². The highest BCUT2D eigenvalue weighted by atomic mass is 19.1. The van der Waals surface area contributed by atoms with Crippen molar-refractivity contribution in [3.8, 4) is 0 Å². The highest BCUT2D eigenvalue weighted by Gasteiger charge is 2.34. The fourth-order valence-corrected chi connectivity index (χ4v) is 4.40. The van der Waals surface area contributed by atoms with Crippen LogP contribution in [0.2, 0.25) is 0 Å². The third kappa shape index (κ3) is 6.12. The van der Waals surface area contributed by atoms with Crippen molar-refractivity contribution in [2.24, 2.45) is 5.92 Å². The van der Waals surface area contributed by atoms with Crippen molar-refractivity contribution < 1.29 is 14.3 Å². The molecule has 5 nitrogen and oxygen atoms in total. The summed E-state index contributed by atoms with van der Waals surface area (Å²) >= 11 is 0. The molecule has 1 aromatic carbocycles. The van der Waals surface area contributed by atoms with Crippen LogP contribution in [0.15, 0.2) is 30.3 Å². The number of hydrogen-bond donors (Lipinski definition) is 1. The second-order valence-electron chi connectivity index (χ2n) is 8.10. The summed E-state index contributed by atoms with van der Waals surface area (Å²) in [7, 11) is 2.16. The number of nitrogens with zero attached hydrogens (tertiary/aromatic N) is 3. The van der Waals surface area contributed by atoms with Crippen LogP contribution in [-0.4, -0.2) is 84.7 Å². The van der Waals surface area contributed by atoms with Crippen LogP contribution in [0.25, 0.3) is 6.08 Å². The number of hydrogen-bond acceptors (Lipinski definition) is 4. The van der Waals surface area contributed by atoms with Crippen LogP contribution in [0.5, 0.6) is 0 Å². The minimum atomic E-state index is -0.703. The largest absolute Gasteiger partial charge is 0.481 e. The molecule has 0 aromatic heterocycles. The molecule has 0 amide bonds. The van der Waals surface area contributed by atoms with E-state index in [0.717, 1.165) is 64.2 Å². The third-order valence-electron chi connectivity index (χ3n) is 6.06. The second-order valence-corrected chi connectivity index (χ2v) is 8.10. The first-order chi connectivity index (χ1) is 13.5. The lowest BCUT2D eigenvalue weighted by molar-refractivity contribution is -0.137. The molecule has 0 spiro atoms. The molecule has 0 bridgehead atoms. The summed E-state index contributed by atoms with van der Waals surface area (Å²) < 4.78 is 13.0. The summed E-state index contributed by atoms with van der Waals surface area (Å²) in [4.78, 5) is 18.5. The van der Waals surface area contributed by atoms with Crippen molar-refractivity contribution in [2.45, 2.75) is 25.3 Å². The number of piperidine rings is 1. The molecule has 2 saturated heterocycles. The molecule has 2 atom stereocenters. The smallest absolute Gasteiger partial charge is 0.303 e. The molecule has 2 aliphatic heterocycles. The maximum atomic E-state index is 13.0. The SMILES string of the molecule is CN1CCN([C@H]2CCN(C/C=C/c3ccc(F)cc3)C[C@H]2CCC(=O)O)CC1. The Bertz CT molecular complexity index is 656. The first-order valence-electron chi connectivity index (χ1n) is 10.3. The Morgan fingerprint density at radius 1 is 1.18 bits per heavy atom. The molecule has 2 heterocycles. The highest BCUT2D eigenvalue weighted by Crippen LogP contribution is 2.27. The summed E-state index contributed by atoms with van der Waals surface area (Å²) in [5.41, 5.74) is 0.996. The predicted octanol–water partition coefficient (Wildman–Crippen LogP) is 2.64. The van der Waals surface area contributed by atoms with Crippen molar-refractivity contribution in [2.75, 3.05) is 52.9 Å². The van der Waals surface area contributed by atoms with Gasteiger partial charge in [0, 0.05) is 51.7 Å². The lowest BCUT2D eigenvalue weighted by Gasteiger charge is -2.46. The molecular formula is C22H32FN3O2. The average Bonchev–Trinajstić information content (AvgIpc) is 2.69. The summed E-state index contributed by atoms with van der Waals surface area (Å²) in [5.74, 6) is -0.526. The van der Waals surface area contributed by atoms with E-state index in [4.69, 9.17) is 5.11 Å². The van der Waals surface area contributed by atoms with Gasteiger partial charge in [0.25, 0.3) is 0 Å². The van der Waals surface area contributed by atoms with Gasteiger partial charge < -0.3 is 10.0 Å². The van der Waals surface area contributed by atoms with E-state index in [1.54, 1.807) is 12.1 Å². The van der Waals surface area contributed by atoms with Gasteiger partial charge in [-0.3, -0.25) is 14.6 Å². The molecular weight excluding hydrogens is 357 g/mol. The van der Waals surface area contributed by atoms with E-state index in [0.29, 0.717) is 12.0 Å². The van der Waals surface area contributed by atoms with E-state index in [9.17, 15) is 9.18 Å². The van der Waals surface area contributed by atoms with Gasteiger partial charge in [-0.25, -0.2) is 4.39 Å². The van der Waals surface area contributed by atoms with Crippen molar-refractivity contribution in [1.29, 1.82) is 0 Å². The number of rotatable bonds is 7. The van der Waals surface area contributed by atoms with Crippen LogP contribution in [0.4, 0.5) is 4.39 Å². The van der Waals surface area contributed by atoms with Gasteiger partial charge in [-0.05, 0) is 50.0 Å². The highest BCUT2D eigenvalue weighted by molar-refractivity contribution is 5.66. The van der Waals surface area contributed by atoms with Crippen LogP contribution in [-0.2, 0) is 4.79 Å². The molecule has 0 radical (unpaired) electrons. The number of halogens is 1. The zero-order valence-electron chi connectivity index (χ0n) is 16.8. The van der Waals surface area contributed by atoms with Gasteiger partial charge in [-0.1, -0.05) is 24.3 Å². The number of benzene rings is 1. The lowest BCUT2D eigenvalue weighted by atomic mass is 9.86. The van der Waals surface area contributed by atoms with Crippen molar-refractivity contribution in [3.05, 3.63) is 41.7 Å². The predicted molar refractivity (Wildman–Crippen MR) is 110 cm³/mol. The van der Waals surface area contributed by atoms with Crippen LogP contribution < -0.4 is 0 Å². The summed E-state index contributed by atoms with van der Waals surface area (Å²) in [5, 5.41) is 9.16. The number of likely N-dealkylation sites (tertiary alicyclic amines) is 1. The molecule has 1 aromatic rings. The Morgan fingerprint density at radius 2 is 1.89 bits per heavy atom. The van der Waals surface area contributed by atoms with Gasteiger partial charge in [0.1, 0.15) is 5.82 Å². The molecule has 0 saturated carbocycles. The van der Waals surface area contributed by atoms with Crippen molar-refractivity contribution in [3.63, 3.8) is 0 Å². The fraction of sp³-hybridized carbons (Fsp3) is 0.591. The van der Waals surface area contributed by atoms with Gasteiger partial charge >= 0.3 is 5.97 Å². The zero-order valence-corrected chi connectivity index (χ0v) is 16.8. The number of carboxylic acids is 1. The molecule has 2 fully saturated rings. The maximum absolute atomic E-state index is 13.0. The maximum Gasteiger partial charge on any atom is 0.303 e. The van der Waals surface area contributed by atoms with Crippen molar-refractivity contribution >= 4 is 12.0 Å². The first-order valence-corrected chi connectivity index (χ1v) is 10.3. The molecule has 1 N–H and O–H groups in total. The van der Waals surface area contributed by atoms with E-state index in [1.165, 1.54) is 12.1 Å². The van der Waals surface area contributed by atoms with Crippen LogP contribution in [0.3, 0.4) is 0 Å². The number of aliphatic carboxylic acids is 1. The second kappa shape index (κ2) is 10.1. The Labute approximate surface area is 167 Å². The zero-order chi connectivity index (χ0) is 19.9. The lowest BCUT2D eigenvalue weighted by Crippen LogP contribution is -2.56. The molecule has 2 aliphatic rings. The molecule has 0 unspecified atom stereocenters.